The summed E-state index contributed by atoms with van der Waals surface area (Å²) in [5, 5.41) is 0. The van der Waals surface area contributed by atoms with E-state index in [2.05, 4.69) is 12.7 Å². The van der Waals surface area contributed by atoms with E-state index < -0.39 is 0 Å². The van der Waals surface area contributed by atoms with Crippen LogP contribution in [0.3, 0.4) is 0 Å². The largest absolute Gasteiger partial charge is 3.00 e. The fraction of sp³-hybridized carbons (Fsp3) is 0.333. The molecule has 0 heterocycles. The summed E-state index contributed by atoms with van der Waals surface area (Å²) in [5.41, 5.74) is 0. The number of allylic oxidation sites excluding steroid dienone is 1. The molecule has 0 radical (unpaired) electrons. The molecule has 0 nitrogen and oxygen atoms in total. The maximum atomic E-state index is 3.24. The second-order valence-corrected chi connectivity index (χ2v) is 0.354. The summed E-state index contributed by atoms with van der Waals surface area (Å²) in [7, 11) is 0. The van der Waals surface area contributed by atoms with Crippen LogP contribution in [0.1, 0.15) is 6.92 Å². The Hall–Kier alpha value is 0.935. The van der Waals surface area contributed by atoms with Crippen molar-refractivity contribution in [3.8, 4) is 0 Å². The Morgan fingerprint density at radius 2 is 1.75 bits per heavy atom. The molecule has 4 heavy (non-hydrogen) atoms. The molecule has 1 heteroatoms. The SMILES string of the molecule is C=[C-]C.[La+3]. The monoisotopic (exact) mass is 180 g/mol. The van der Waals surface area contributed by atoms with Gasteiger partial charge in [-0.05, 0) is 0 Å². The molecule has 0 aliphatic rings. The first-order chi connectivity index (χ1) is 1.41. The van der Waals surface area contributed by atoms with E-state index in [4.69, 9.17) is 0 Å². The Labute approximate surface area is 54.9 Å². The molecule has 0 aromatic heterocycles. The third-order valence-corrected chi connectivity index (χ3v) is 0. The molecule has 0 aromatic carbocycles. The van der Waals surface area contributed by atoms with Crippen LogP contribution in [0.15, 0.2) is 6.58 Å². The predicted molar refractivity (Wildman–Crippen MR) is 14.5 cm³/mol. The van der Waals surface area contributed by atoms with Gasteiger partial charge in [0.1, 0.15) is 0 Å². The molecule has 18 valence electrons. The van der Waals surface area contributed by atoms with Crippen molar-refractivity contribution < 1.29 is 35.6 Å². The molecule has 0 aliphatic heterocycles. The van der Waals surface area contributed by atoms with Gasteiger partial charge in [0.15, 0.2) is 0 Å². The van der Waals surface area contributed by atoms with E-state index in [1.54, 1.807) is 6.92 Å². The van der Waals surface area contributed by atoms with Crippen molar-refractivity contribution >= 4 is 0 Å². The average molecular weight is 180 g/mol. The van der Waals surface area contributed by atoms with Crippen molar-refractivity contribution in [3.05, 3.63) is 12.7 Å². The molecule has 0 atom stereocenters. The molecule has 0 bridgehead atoms. The normalized spacial score (nSPS) is 3.25. The number of rotatable bonds is 0. The summed E-state index contributed by atoms with van der Waals surface area (Å²) >= 11 is 0. The van der Waals surface area contributed by atoms with Crippen LogP contribution >= 0.6 is 0 Å². The molecule has 0 spiro atoms. The molecule has 0 saturated heterocycles. The van der Waals surface area contributed by atoms with Crippen LogP contribution in [0.2, 0.25) is 0 Å². The molecular formula is C3H5La+2. The van der Waals surface area contributed by atoms with E-state index >= 15 is 0 Å². The second kappa shape index (κ2) is 9.05. The van der Waals surface area contributed by atoms with Gasteiger partial charge in [-0.15, -0.1) is 0 Å². The second-order valence-electron chi connectivity index (χ2n) is 0.354. The smallest absolute Gasteiger partial charge is 0.507 e. The van der Waals surface area contributed by atoms with Crippen LogP contribution in [0, 0.1) is 41.7 Å². The van der Waals surface area contributed by atoms with Crippen LogP contribution in [-0.2, 0) is 0 Å². The van der Waals surface area contributed by atoms with Crippen LogP contribution in [0.5, 0.6) is 0 Å². The van der Waals surface area contributed by atoms with Crippen LogP contribution in [0.25, 0.3) is 0 Å². The van der Waals surface area contributed by atoms with Gasteiger partial charge in [0, 0.05) is 0 Å². The van der Waals surface area contributed by atoms with E-state index in [0.29, 0.717) is 0 Å². The van der Waals surface area contributed by atoms with Gasteiger partial charge in [-0.3, -0.25) is 6.58 Å². The summed E-state index contributed by atoms with van der Waals surface area (Å²) in [5.74, 6) is 0. The molecule has 0 amide bonds. The third-order valence-electron chi connectivity index (χ3n) is 0. The quantitative estimate of drug-likeness (QED) is 0.487. The zero-order valence-electron chi connectivity index (χ0n) is 2.78. The van der Waals surface area contributed by atoms with Gasteiger partial charge in [0.2, 0.25) is 0 Å². The molecule has 0 fully saturated rings. The minimum absolute atomic E-state index is 0. The van der Waals surface area contributed by atoms with E-state index in [1.165, 1.54) is 0 Å². The van der Waals surface area contributed by atoms with Crippen LogP contribution in [0.4, 0.5) is 0 Å². The molecule has 0 aliphatic carbocycles. The van der Waals surface area contributed by atoms with Crippen molar-refractivity contribution in [2.75, 3.05) is 0 Å². The van der Waals surface area contributed by atoms with Crippen molar-refractivity contribution in [1.29, 1.82) is 0 Å². The fourth-order valence-electron chi connectivity index (χ4n) is 0. The first kappa shape index (κ1) is 8.87. The Morgan fingerprint density at radius 1 is 1.75 bits per heavy atom. The Morgan fingerprint density at radius 3 is 1.75 bits per heavy atom. The number of hydrogen-bond donors (Lipinski definition) is 0. The van der Waals surface area contributed by atoms with Crippen LogP contribution in [-0.4, -0.2) is 0 Å². The van der Waals surface area contributed by atoms with Crippen molar-refractivity contribution in [2.24, 2.45) is 0 Å². The van der Waals surface area contributed by atoms with Gasteiger partial charge in [0.05, 0.1) is 0 Å². The van der Waals surface area contributed by atoms with E-state index in [0.717, 1.165) is 0 Å². The zero-order chi connectivity index (χ0) is 2.71. The van der Waals surface area contributed by atoms with E-state index in [1.807, 2.05) is 0 Å². The first-order valence-electron chi connectivity index (χ1n) is 0.854. The zero-order valence-corrected chi connectivity index (χ0v) is 6.41. The standard InChI is InChI=1S/C3H5.La/c1-3-2;/h1H2,2H3;/q-1;+3. The first-order valence-corrected chi connectivity index (χ1v) is 0.854. The van der Waals surface area contributed by atoms with Gasteiger partial charge < -0.3 is 6.08 Å². The molecule has 0 unspecified atom stereocenters. The summed E-state index contributed by atoms with van der Waals surface area (Å²) in [6, 6.07) is 0. The summed E-state index contributed by atoms with van der Waals surface area (Å²) in [6.07, 6.45) is 2.50. The topological polar surface area (TPSA) is 0 Å². The Bertz CT molecular complexity index is 10.8. The minimum atomic E-state index is 0. The Kier molecular flexibility index (Phi) is 20.1. The molecule has 0 N–H and O–H groups in total. The van der Waals surface area contributed by atoms with Gasteiger partial charge in [-0.25, -0.2) is 0 Å². The molecular weight excluding hydrogens is 175 g/mol. The van der Waals surface area contributed by atoms with Crippen molar-refractivity contribution in [1.82, 2.24) is 0 Å². The van der Waals surface area contributed by atoms with Gasteiger partial charge >= 0.3 is 35.6 Å². The fourth-order valence-corrected chi connectivity index (χ4v) is 0. The summed E-state index contributed by atoms with van der Waals surface area (Å²) in [6.45, 7) is 5.00. The maximum absolute atomic E-state index is 3.24. The minimum Gasteiger partial charge on any atom is -0.507 e. The van der Waals surface area contributed by atoms with E-state index in [9.17, 15) is 0 Å². The Balaban J connectivity index is 0. The van der Waals surface area contributed by atoms with Gasteiger partial charge in [-0.1, -0.05) is 0 Å². The van der Waals surface area contributed by atoms with Crippen LogP contribution < -0.4 is 0 Å². The molecule has 0 rings (SSSR count). The van der Waals surface area contributed by atoms with Gasteiger partial charge in [0.25, 0.3) is 0 Å². The average Bonchev–Trinajstić information content (AvgIpc) is 0.918. The predicted octanol–water partition coefficient (Wildman–Crippen LogP) is 0.995. The van der Waals surface area contributed by atoms with Crippen molar-refractivity contribution in [2.45, 2.75) is 6.92 Å². The van der Waals surface area contributed by atoms with E-state index in [-0.39, 0.29) is 35.6 Å². The maximum Gasteiger partial charge on any atom is 3.00 e. The molecule has 0 aromatic rings. The van der Waals surface area contributed by atoms with Crippen molar-refractivity contribution in [3.63, 3.8) is 0 Å². The third kappa shape index (κ3) is 12.6. The van der Waals surface area contributed by atoms with Gasteiger partial charge in [-0.2, -0.15) is 6.92 Å². The molecule has 0 saturated carbocycles. The number of hydrogen-bond acceptors (Lipinski definition) is 0. The summed E-state index contributed by atoms with van der Waals surface area (Å²) < 4.78 is 0. The summed E-state index contributed by atoms with van der Waals surface area (Å²) in [4.78, 5) is 0.